The van der Waals surface area contributed by atoms with Gasteiger partial charge in [-0.15, -0.1) is 11.3 Å². The second-order valence-corrected chi connectivity index (χ2v) is 17.3. The van der Waals surface area contributed by atoms with Gasteiger partial charge in [-0.2, -0.15) is 0 Å². The Morgan fingerprint density at radius 1 is 0.306 bits per heavy atom. The van der Waals surface area contributed by atoms with E-state index in [1.54, 1.807) is 0 Å². The summed E-state index contributed by atoms with van der Waals surface area (Å²) in [6.45, 7) is 0. The summed E-state index contributed by atoms with van der Waals surface area (Å²) in [5, 5.41) is 2.57. The lowest BCUT2D eigenvalue weighted by atomic mass is 9.70. The third-order valence-electron chi connectivity index (χ3n) is 13.0. The molecule has 2 heterocycles. The van der Waals surface area contributed by atoms with Crippen LogP contribution in [-0.2, 0) is 5.41 Å². The molecule has 2 aromatic heterocycles. The van der Waals surface area contributed by atoms with Gasteiger partial charge >= 0.3 is 0 Å². The number of aromatic nitrogens is 3. The first-order valence-corrected chi connectivity index (χ1v) is 21.9. The minimum absolute atomic E-state index is 0.405. The van der Waals surface area contributed by atoms with Crippen LogP contribution in [0.1, 0.15) is 22.3 Å². The van der Waals surface area contributed by atoms with E-state index >= 15 is 0 Å². The summed E-state index contributed by atoms with van der Waals surface area (Å²) in [7, 11) is 0. The van der Waals surface area contributed by atoms with Gasteiger partial charge in [-0.25, -0.2) is 15.0 Å². The van der Waals surface area contributed by atoms with E-state index in [0.717, 1.165) is 27.8 Å². The van der Waals surface area contributed by atoms with E-state index in [1.807, 2.05) is 29.5 Å². The number of nitrogens with zero attached hydrogens (tertiary/aromatic N) is 3. The van der Waals surface area contributed by atoms with Crippen LogP contribution in [0, 0.1) is 0 Å². The normalized spacial score (nSPS) is 13.0. The minimum atomic E-state index is -0.405. The Morgan fingerprint density at radius 2 is 0.742 bits per heavy atom. The maximum absolute atomic E-state index is 5.26. The SMILES string of the molecule is c1ccc(-c2nc(-c3cccc(-c4cccc5c4-c4ccccc4C54c5ccccc5-c5ccccc54)c3)nc(-c3cccc(-c4cccc5c4sc4ccccc45)c3)n2)cc1. The maximum Gasteiger partial charge on any atom is 0.164 e. The van der Waals surface area contributed by atoms with Crippen molar-refractivity contribution in [1.29, 1.82) is 0 Å². The van der Waals surface area contributed by atoms with Crippen molar-refractivity contribution in [3.05, 3.63) is 235 Å². The van der Waals surface area contributed by atoms with E-state index in [-0.39, 0.29) is 0 Å². The number of hydrogen-bond donors (Lipinski definition) is 0. The fraction of sp³-hybridized carbons (Fsp3) is 0.0172. The van der Waals surface area contributed by atoms with Crippen LogP contribution in [0.25, 0.3) is 98.8 Å². The molecule has 0 saturated carbocycles. The zero-order chi connectivity index (χ0) is 40.8. The molecule has 0 unspecified atom stereocenters. The van der Waals surface area contributed by atoms with E-state index < -0.39 is 5.41 Å². The van der Waals surface area contributed by atoms with Crippen molar-refractivity contribution < 1.29 is 0 Å². The lowest BCUT2D eigenvalue weighted by molar-refractivity contribution is 0.794. The molecule has 9 aromatic carbocycles. The first-order chi connectivity index (χ1) is 30.7. The average Bonchev–Trinajstić information content (AvgIpc) is 3.99. The molecule has 288 valence electrons. The summed E-state index contributed by atoms with van der Waals surface area (Å²) in [6, 6.07) is 76.7. The van der Waals surface area contributed by atoms with Crippen molar-refractivity contribution in [2.75, 3.05) is 0 Å². The highest BCUT2D eigenvalue weighted by atomic mass is 32.1. The van der Waals surface area contributed by atoms with Crippen molar-refractivity contribution in [2.45, 2.75) is 5.41 Å². The standard InChI is InChI=1S/C58H35N3S/c1-2-16-36(17-3-1)55-59-56(61-57(60-55)40-21-13-19-38(35-40)42-27-14-28-46-45-24-7-11-33-52(45)62-54(42)46)39-20-12-18-37(34-39)41-26-15-32-51-53(41)47-25-6-10-31-50(47)58(51)48-29-8-4-22-43(48)44-23-5-9-30-49(44)58/h1-35H. The van der Waals surface area contributed by atoms with Crippen LogP contribution < -0.4 is 0 Å². The largest absolute Gasteiger partial charge is 0.208 e. The van der Waals surface area contributed by atoms with Gasteiger partial charge in [0.25, 0.3) is 0 Å². The van der Waals surface area contributed by atoms with Crippen LogP contribution in [0.4, 0.5) is 0 Å². The number of rotatable bonds is 5. The van der Waals surface area contributed by atoms with E-state index in [4.69, 9.17) is 15.0 Å². The molecule has 4 heteroatoms. The van der Waals surface area contributed by atoms with Crippen molar-refractivity contribution in [1.82, 2.24) is 15.0 Å². The fourth-order valence-corrected chi connectivity index (χ4v) is 11.6. The molecule has 13 rings (SSSR count). The topological polar surface area (TPSA) is 38.7 Å². The van der Waals surface area contributed by atoms with Crippen LogP contribution in [0.5, 0.6) is 0 Å². The van der Waals surface area contributed by atoms with Crippen LogP contribution in [0.2, 0.25) is 0 Å². The summed E-state index contributed by atoms with van der Waals surface area (Å²) in [5.41, 5.74) is 17.6. The summed E-state index contributed by atoms with van der Waals surface area (Å²) >= 11 is 1.85. The van der Waals surface area contributed by atoms with Gasteiger partial charge in [0.1, 0.15) is 0 Å². The van der Waals surface area contributed by atoms with Crippen molar-refractivity contribution >= 4 is 31.5 Å². The Bertz CT molecular complexity index is 3560. The van der Waals surface area contributed by atoms with Crippen LogP contribution in [0.3, 0.4) is 0 Å². The predicted octanol–water partition coefficient (Wildman–Crippen LogP) is 14.9. The van der Waals surface area contributed by atoms with E-state index in [2.05, 4.69) is 194 Å². The van der Waals surface area contributed by atoms with Crippen LogP contribution in [-0.4, -0.2) is 15.0 Å². The Hall–Kier alpha value is -7.79. The summed E-state index contributed by atoms with van der Waals surface area (Å²) < 4.78 is 2.58. The van der Waals surface area contributed by atoms with Gasteiger partial charge in [-0.3, -0.25) is 0 Å². The number of thiophene rings is 1. The molecule has 62 heavy (non-hydrogen) atoms. The molecule has 0 N–H and O–H groups in total. The van der Waals surface area contributed by atoms with Gasteiger partial charge in [0.15, 0.2) is 17.5 Å². The Morgan fingerprint density at radius 3 is 1.44 bits per heavy atom. The first kappa shape index (κ1) is 35.0. The Labute approximate surface area is 363 Å². The van der Waals surface area contributed by atoms with Gasteiger partial charge in [-0.1, -0.05) is 194 Å². The average molecular weight is 806 g/mol. The summed E-state index contributed by atoms with van der Waals surface area (Å²) in [5.74, 6) is 1.92. The molecule has 0 radical (unpaired) electrons. The molecule has 0 saturated heterocycles. The second kappa shape index (κ2) is 13.6. The van der Waals surface area contributed by atoms with Crippen LogP contribution in [0.15, 0.2) is 212 Å². The molecule has 0 bridgehead atoms. The fourth-order valence-electron chi connectivity index (χ4n) is 10.4. The molecule has 0 aliphatic heterocycles. The smallest absolute Gasteiger partial charge is 0.164 e. The van der Waals surface area contributed by atoms with Gasteiger partial charge < -0.3 is 0 Å². The molecule has 2 aliphatic rings. The molecular weight excluding hydrogens is 771 g/mol. The summed E-state index contributed by atoms with van der Waals surface area (Å²) in [4.78, 5) is 15.6. The van der Waals surface area contributed by atoms with Crippen LogP contribution >= 0.6 is 11.3 Å². The maximum atomic E-state index is 5.26. The highest BCUT2D eigenvalue weighted by Crippen LogP contribution is 2.64. The highest BCUT2D eigenvalue weighted by molar-refractivity contribution is 7.26. The first-order valence-electron chi connectivity index (χ1n) is 21.1. The van der Waals surface area contributed by atoms with Gasteiger partial charge in [0.05, 0.1) is 5.41 Å². The number of hydrogen-bond acceptors (Lipinski definition) is 4. The summed E-state index contributed by atoms with van der Waals surface area (Å²) in [6.07, 6.45) is 0. The zero-order valence-electron chi connectivity index (χ0n) is 33.5. The van der Waals surface area contributed by atoms with Gasteiger partial charge in [0, 0.05) is 36.9 Å². The molecule has 3 nitrogen and oxygen atoms in total. The lowest BCUT2D eigenvalue weighted by Gasteiger charge is -2.30. The highest BCUT2D eigenvalue weighted by Gasteiger charge is 2.51. The Balaban J connectivity index is 0.969. The quantitative estimate of drug-likeness (QED) is 0.174. The minimum Gasteiger partial charge on any atom is -0.208 e. The van der Waals surface area contributed by atoms with Gasteiger partial charge in [0.2, 0.25) is 0 Å². The van der Waals surface area contributed by atoms with Gasteiger partial charge in [-0.05, 0) is 85.0 Å². The lowest BCUT2D eigenvalue weighted by Crippen LogP contribution is -2.25. The van der Waals surface area contributed by atoms with E-state index in [9.17, 15) is 0 Å². The molecule has 1 spiro atoms. The van der Waals surface area contributed by atoms with E-state index in [0.29, 0.717) is 17.5 Å². The third-order valence-corrected chi connectivity index (χ3v) is 14.2. The number of benzene rings is 9. The monoisotopic (exact) mass is 805 g/mol. The Kier molecular flexibility index (Phi) is 7.69. The molecule has 0 atom stereocenters. The van der Waals surface area contributed by atoms with Crippen molar-refractivity contribution in [3.8, 4) is 78.7 Å². The zero-order valence-corrected chi connectivity index (χ0v) is 34.3. The third kappa shape index (κ3) is 5.08. The molecule has 0 amide bonds. The molecule has 11 aromatic rings. The second-order valence-electron chi connectivity index (χ2n) is 16.2. The van der Waals surface area contributed by atoms with Crippen molar-refractivity contribution in [3.63, 3.8) is 0 Å². The predicted molar refractivity (Wildman–Crippen MR) is 256 cm³/mol. The van der Waals surface area contributed by atoms with E-state index in [1.165, 1.54) is 75.8 Å². The molecule has 2 aliphatic carbocycles. The molecular formula is C58H35N3S. The van der Waals surface area contributed by atoms with Crippen molar-refractivity contribution in [2.24, 2.45) is 0 Å². The number of fused-ring (bicyclic) bond motifs is 13. The molecule has 0 fully saturated rings.